The van der Waals surface area contributed by atoms with E-state index < -0.39 is 5.67 Å². The molecule has 3 heteroatoms. The highest BCUT2D eigenvalue weighted by atomic mass is 32.1. The highest BCUT2D eigenvalue weighted by Crippen LogP contribution is 2.46. The second-order valence-electron chi connectivity index (χ2n) is 4.94. The fourth-order valence-corrected chi connectivity index (χ4v) is 4.15. The summed E-state index contributed by atoms with van der Waals surface area (Å²) in [4.78, 5) is 0.973. The molecule has 0 aliphatic carbocycles. The van der Waals surface area contributed by atoms with Crippen molar-refractivity contribution in [2.75, 3.05) is 0 Å². The number of nitrogens with one attached hydrogen (secondary N) is 1. The van der Waals surface area contributed by atoms with Gasteiger partial charge in [-0.05, 0) is 36.8 Å². The Morgan fingerprint density at radius 1 is 1.40 bits per heavy atom. The number of halogens is 1. The molecule has 15 heavy (non-hydrogen) atoms. The van der Waals surface area contributed by atoms with Crippen LogP contribution in [0.1, 0.15) is 36.1 Å². The molecule has 1 N–H and O–H groups in total. The van der Waals surface area contributed by atoms with E-state index in [-0.39, 0.29) is 0 Å². The van der Waals surface area contributed by atoms with E-state index in [2.05, 4.69) is 5.32 Å². The fraction of sp³-hybridized carbons (Fsp3) is 0.667. The van der Waals surface area contributed by atoms with Gasteiger partial charge in [-0.3, -0.25) is 0 Å². The fourth-order valence-electron chi connectivity index (χ4n) is 3.11. The summed E-state index contributed by atoms with van der Waals surface area (Å²) in [7, 11) is 0. The van der Waals surface area contributed by atoms with Crippen LogP contribution in [0, 0.1) is 6.92 Å². The molecular weight excluding hydrogens is 209 g/mol. The van der Waals surface area contributed by atoms with Crippen molar-refractivity contribution in [3.63, 3.8) is 0 Å². The van der Waals surface area contributed by atoms with Gasteiger partial charge < -0.3 is 5.32 Å². The Morgan fingerprint density at radius 3 is 2.60 bits per heavy atom. The van der Waals surface area contributed by atoms with Crippen molar-refractivity contribution in [3.05, 3.63) is 21.9 Å². The molecule has 0 radical (unpaired) electrons. The first-order valence-electron chi connectivity index (χ1n) is 5.67. The van der Waals surface area contributed by atoms with E-state index >= 15 is 0 Å². The van der Waals surface area contributed by atoms with Crippen LogP contribution in [0.4, 0.5) is 4.39 Å². The van der Waals surface area contributed by atoms with Gasteiger partial charge in [-0.25, -0.2) is 4.39 Å². The Morgan fingerprint density at radius 2 is 2.07 bits per heavy atom. The number of hydrogen-bond donors (Lipinski definition) is 1. The summed E-state index contributed by atoms with van der Waals surface area (Å²) in [6.45, 7) is 2.02. The maximum Gasteiger partial charge on any atom is 0.148 e. The summed E-state index contributed by atoms with van der Waals surface area (Å²) in [5.41, 5.74) is 0.0822. The summed E-state index contributed by atoms with van der Waals surface area (Å²) in [5, 5.41) is 5.50. The third-order valence-electron chi connectivity index (χ3n) is 3.74. The van der Waals surface area contributed by atoms with Crippen LogP contribution in [0.25, 0.3) is 0 Å². The van der Waals surface area contributed by atoms with Gasteiger partial charge in [0.05, 0.1) is 0 Å². The van der Waals surface area contributed by atoms with Gasteiger partial charge in [-0.2, -0.15) is 0 Å². The van der Waals surface area contributed by atoms with Gasteiger partial charge in [0, 0.05) is 29.8 Å². The number of aryl methyl sites for hydroxylation is 1. The van der Waals surface area contributed by atoms with E-state index in [1.54, 1.807) is 11.3 Å². The smallest absolute Gasteiger partial charge is 0.148 e. The van der Waals surface area contributed by atoms with Crippen molar-refractivity contribution < 1.29 is 4.39 Å². The minimum absolute atomic E-state index is 0.412. The molecule has 1 aromatic heterocycles. The predicted octanol–water partition coefficient (Wildman–Crippen LogP) is 3.14. The van der Waals surface area contributed by atoms with E-state index in [0.717, 1.165) is 23.3 Å². The van der Waals surface area contributed by atoms with E-state index in [1.807, 2.05) is 18.4 Å². The zero-order chi connectivity index (χ0) is 10.5. The van der Waals surface area contributed by atoms with Crippen molar-refractivity contribution in [1.29, 1.82) is 0 Å². The lowest BCUT2D eigenvalue weighted by atomic mass is 9.86. The van der Waals surface area contributed by atoms with Gasteiger partial charge in [-0.15, -0.1) is 11.3 Å². The lowest BCUT2D eigenvalue weighted by Crippen LogP contribution is -2.44. The van der Waals surface area contributed by atoms with Gasteiger partial charge in [-0.1, -0.05) is 0 Å². The molecule has 2 aliphatic heterocycles. The molecule has 1 nitrogen and oxygen atoms in total. The summed E-state index contributed by atoms with van der Waals surface area (Å²) in [6.07, 6.45) is 3.65. The minimum Gasteiger partial charge on any atom is -0.311 e. The van der Waals surface area contributed by atoms with Crippen LogP contribution in [0.15, 0.2) is 11.4 Å². The first-order chi connectivity index (χ1) is 7.17. The highest BCUT2D eigenvalue weighted by molar-refractivity contribution is 7.10. The Labute approximate surface area is 93.7 Å². The van der Waals surface area contributed by atoms with Crippen LogP contribution < -0.4 is 5.32 Å². The molecule has 2 bridgehead atoms. The Balaban J connectivity index is 1.94. The monoisotopic (exact) mass is 225 g/mol. The van der Waals surface area contributed by atoms with Crippen LogP contribution in [-0.2, 0) is 5.67 Å². The maximum absolute atomic E-state index is 14.9. The molecule has 0 saturated carbocycles. The highest BCUT2D eigenvalue weighted by Gasteiger charge is 2.46. The van der Waals surface area contributed by atoms with Crippen LogP contribution in [0.2, 0.25) is 0 Å². The normalized spacial score (nSPS) is 39.6. The van der Waals surface area contributed by atoms with Crippen molar-refractivity contribution in [1.82, 2.24) is 5.32 Å². The third-order valence-corrected chi connectivity index (χ3v) is 4.94. The summed E-state index contributed by atoms with van der Waals surface area (Å²) < 4.78 is 14.9. The first kappa shape index (κ1) is 9.79. The molecule has 2 aliphatic rings. The predicted molar refractivity (Wildman–Crippen MR) is 61.0 cm³/mol. The van der Waals surface area contributed by atoms with Crippen molar-refractivity contribution in [2.24, 2.45) is 0 Å². The number of rotatable bonds is 1. The van der Waals surface area contributed by atoms with Gasteiger partial charge in [0.25, 0.3) is 0 Å². The second kappa shape index (κ2) is 3.29. The first-order valence-corrected chi connectivity index (χ1v) is 6.55. The van der Waals surface area contributed by atoms with E-state index in [9.17, 15) is 4.39 Å². The van der Waals surface area contributed by atoms with Crippen molar-refractivity contribution in [3.8, 4) is 0 Å². The Bertz CT molecular complexity index is 361. The third kappa shape index (κ3) is 1.53. The molecule has 0 amide bonds. The quantitative estimate of drug-likeness (QED) is 0.774. The average molecular weight is 225 g/mol. The van der Waals surface area contributed by atoms with E-state index in [4.69, 9.17) is 0 Å². The second-order valence-corrected chi connectivity index (χ2v) is 5.86. The lowest BCUT2D eigenvalue weighted by Gasteiger charge is -2.34. The van der Waals surface area contributed by atoms with E-state index in [0.29, 0.717) is 24.9 Å². The van der Waals surface area contributed by atoms with Crippen LogP contribution in [-0.4, -0.2) is 12.1 Å². The van der Waals surface area contributed by atoms with Crippen LogP contribution in [0.5, 0.6) is 0 Å². The molecule has 0 aromatic carbocycles. The molecule has 3 rings (SSSR count). The Kier molecular flexibility index (Phi) is 2.15. The van der Waals surface area contributed by atoms with E-state index in [1.165, 1.54) is 0 Å². The summed E-state index contributed by atoms with van der Waals surface area (Å²) in [5.74, 6) is 0. The largest absolute Gasteiger partial charge is 0.311 e. The van der Waals surface area contributed by atoms with Gasteiger partial charge in [0.1, 0.15) is 5.67 Å². The molecule has 3 heterocycles. The molecule has 82 valence electrons. The summed E-state index contributed by atoms with van der Waals surface area (Å²) >= 11 is 1.58. The maximum atomic E-state index is 14.9. The SMILES string of the molecule is Cc1ccsc1C1(F)CC2CCC(C1)N2. The zero-order valence-corrected chi connectivity index (χ0v) is 9.74. The molecule has 2 saturated heterocycles. The molecule has 1 aromatic rings. The number of piperidine rings is 1. The Hall–Kier alpha value is -0.410. The van der Waals surface area contributed by atoms with Crippen molar-refractivity contribution >= 4 is 11.3 Å². The number of alkyl halides is 1. The minimum atomic E-state index is -1.05. The standard InChI is InChI=1S/C12H16FNS/c1-8-4-5-15-11(8)12(13)6-9-2-3-10(7-12)14-9/h4-5,9-10,14H,2-3,6-7H2,1H3. The van der Waals surface area contributed by atoms with Crippen LogP contribution >= 0.6 is 11.3 Å². The van der Waals surface area contributed by atoms with Gasteiger partial charge in [0.15, 0.2) is 0 Å². The number of hydrogen-bond acceptors (Lipinski definition) is 2. The molecule has 0 spiro atoms. The van der Waals surface area contributed by atoms with Gasteiger partial charge in [0.2, 0.25) is 0 Å². The molecular formula is C12H16FNS. The van der Waals surface area contributed by atoms with Crippen molar-refractivity contribution in [2.45, 2.75) is 50.4 Å². The molecule has 2 unspecified atom stereocenters. The lowest BCUT2D eigenvalue weighted by molar-refractivity contribution is 0.0907. The van der Waals surface area contributed by atoms with Crippen LogP contribution in [0.3, 0.4) is 0 Å². The topological polar surface area (TPSA) is 12.0 Å². The molecule has 2 fully saturated rings. The average Bonchev–Trinajstić information content (AvgIpc) is 2.73. The van der Waals surface area contributed by atoms with Gasteiger partial charge >= 0.3 is 0 Å². The zero-order valence-electron chi connectivity index (χ0n) is 8.92. The number of thiophene rings is 1. The molecule has 2 atom stereocenters. The summed E-state index contributed by atoms with van der Waals surface area (Å²) in [6, 6.07) is 2.86. The number of fused-ring (bicyclic) bond motifs is 2.